The molecule has 2 N–H and O–H groups in total. The number of ether oxygens (including phenoxy) is 1. The Morgan fingerprint density at radius 2 is 1.68 bits per heavy atom. The van der Waals surface area contributed by atoms with E-state index < -0.39 is 29.2 Å². The second-order valence-electron chi connectivity index (χ2n) is 8.71. The minimum atomic E-state index is -1.04. The van der Waals surface area contributed by atoms with Crippen molar-refractivity contribution in [2.45, 2.75) is 12.5 Å². The number of aromatic amines is 1. The van der Waals surface area contributed by atoms with Crippen LogP contribution in [-0.2, 0) is 16.0 Å². The zero-order valence-corrected chi connectivity index (χ0v) is 22.3. The Labute approximate surface area is 227 Å². The standard InChI is InChI=1S/C27H24Cl2N4O5/c1-32(2)17-11-12-21-18(14-17)25(35)33(27(37)31-21)16-9-7-15(8-10-16)13-22(26(36)38-3)30-24(34)23-19(28)5-4-6-20(23)29/h4-12,14,22H,13H2,1-3H3,(H,30,34)(H,31,37). The summed E-state index contributed by atoms with van der Waals surface area (Å²) in [4.78, 5) is 55.8. The summed E-state index contributed by atoms with van der Waals surface area (Å²) >= 11 is 12.2. The molecule has 3 aromatic carbocycles. The first-order valence-electron chi connectivity index (χ1n) is 11.5. The van der Waals surface area contributed by atoms with E-state index in [1.54, 1.807) is 42.5 Å². The largest absolute Gasteiger partial charge is 0.467 e. The number of nitrogens with one attached hydrogen (secondary N) is 2. The van der Waals surface area contributed by atoms with E-state index in [-0.39, 0.29) is 22.0 Å². The van der Waals surface area contributed by atoms with Crippen LogP contribution in [0, 0.1) is 0 Å². The first-order valence-corrected chi connectivity index (χ1v) is 12.2. The van der Waals surface area contributed by atoms with Crippen molar-refractivity contribution in [2.24, 2.45) is 0 Å². The zero-order valence-electron chi connectivity index (χ0n) is 20.7. The number of hydrogen-bond donors (Lipinski definition) is 2. The van der Waals surface area contributed by atoms with Crippen molar-refractivity contribution < 1.29 is 14.3 Å². The molecule has 0 bridgehead atoms. The minimum absolute atomic E-state index is 0.0485. The number of H-pyrrole nitrogens is 1. The molecule has 196 valence electrons. The number of hydrogen-bond acceptors (Lipinski definition) is 6. The van der Waals surface area contributed by atoms with Crippen LogP contribution in [0.25, 0.3) is 16.6 Å². The molecule has 0 radical (unpaired) electrons. The van der Waals surface area contributed by atoms with E-state index >= 15 is 0 Å². The maximum atomic E-state index is 13.2. The Morgan fingerprint density at radius 1 is 1.03 bits per heavy atom. The van der Waals surface area contributed by atoms with Crippen LogP contribution in [0.15, 0.2) is 70.3 Å². The predicted octanol–water partition coefficient (Wildman–Crippen LogP) is 3.57. The number of esters is 1. The molecule has 0 spiro atoms. The molecule has 0 aliphatic carbocycles. The molecule has 1 atom stereocenters. The van der Waals surface area contributed by atoms with Gasteiger partial charge in [0.15, 0.2) is 0 Å². The minimum Gasteiger partial charge on any atom is -0.467 e. The van der Waals surface area contributed by atoms with Crippen molar-refractivity contribution >= 4 is 51.7 Å². The highest BCUT2D eigenvalue weighted by molar-refractivity contribution is 6.39. The molecule has 0 aliphatic heterocycles. The number of halogens is 2. The Morgan fingerprint density at radius 3 is 2.29 bits per heavy atom. The van der Waals surface area contributed by atoms with Crippen molar-refractivity contribution in [1.29, 1.82) is 0 Å². The highest BCUT2D eigenvalue weighted by atomic mass is 35.5. The van der Waals surface area contributed by atoms with E-state index in [9.17, 15) is 19.2 Å². The topological polar surface area (TPSA) is 114 Å². The van der Waals surface area contributed by atoms with Gasteiger partial charge in [0.2, 0.25) is 0 Å². The Kier molecular flexibility index (Phi) is 7.89. The van der Waals surface area contributed by atoms with Gasteiger partial charge in [-0.05, 0) is 48.0 Å². The molecule has 38 heavy (non-hydrogen) atoms. The molecular formula is C27H24Cl2N4O5. The van der Waals surface area contributed by atoms with Gasteiger partial charge in [0.05, 0.1) is 39.3 Å². The second-order valence-corrected chi connectivity index (χ2v) is 9.53. The Bertz CT molecular complexity index is 1620. The fourth-order valence-corrected chi connectivity index (χ4v) is 4.58. The van der Waals surface area contributed by atoms with Crippen LogP contribution in [0.5, 0.6) is 0 Å². The third-order valence-corrected chi connectivity index (χ3v) is 6.64. The molecule has 9 nitrogen and oxygen atoms in total. The molecule has 1 aromatic heterocycles. The van der Waals surface area contributed by atoms with Gasteiger partial charge < -0.3 is 19.9 Å². The number of carbonyl (C=O) groups is 2. The van der Waals surface area contributed by atoms with E-state index in [1.165, 1.54) is 19.2 Å². The summed E-state index contributed by atoms with van der Waals surface area (Å²) in [7, 11) is 4.93. The van der Waals surface area contributed by atoms with Crippen LogP contribution < -0.4 is 21.5 Å². The van der Waals surface area contributed by atoms with E-state index in [4.69, 9.17) is 27.9 Å². The van der Waals surface area contributed by atoms with Gasteiger partial charge in [-0.15, -0.1) is 0 Å². The summed E-state index contributed by atoms with van der Waals surface area (Å²) in [6.45, 7) is 0. The van der Waals surface area contributed by atoms with Crippen molar-refractivity contribution in [3.8, 4) is 5.69 Å². The second kappa shape index (κ2) is 11.1. The van der Waals surface area contributed by atoms with Gasteiger partial charge >= 0.3 is 11.7 Å². The molecule has 11 heteroatoms. The lowest BCUT2D eigenvalue weighted by Gasteiger charge is -2.18. The Balaban J connectivity index is 1.62. The molecule has 0 saturated heterocycles. The van der Waals surface area contributed by atoms with E-state index in [0.29, 0.717) is 22.2 Å². The number of aromatic nitrogens is 2. The van der Waals surface area contributed by atoms with Crippen LogP contribution in [0.3, 0.4) is 0 Å². The van der Waals surface area contributed by atoms with Gasteiger partial charge in [-0.3, -0.25) is 9.59 Å². The SMILES string of the molecule is COC(=O)C(Cc1ccc(-n2c(=O)[nH]c3ccc(N(C)C)cc3c2=O)cc1)NC(=O)c1c(Cl)cccc1Cl. The lowest BCUT2D eigenvalue weighted by atomic mass is 10.0. The number of anilines is 1. The van der Waals surface area contributed by atoms with Crippen molar-refractivity contribution in [1.82, 2.24) is 14.9 Å². The molecule has 4 aromatic rings. The maximum Gasteiger partial charge on any atom is 0.333 e. The third-order valence-electron chi connectivity index (χ3n) is 6.01. The molecule has 0 fully saturated rings. The number of rotatable bonds is 7. The van der Waals surface area contributed by atoms with Gasteiger partial charge in [-0.1, -0.05) is 41.4 Å². The Hall–Kier alpha value is -4.08. The maximum absolute atomic E-state index is 13.2. The summed E-state index contributed by atoms with van der Waals surface area (Å²) in [5.41, 5.74) is 1.26. The van der Waals surface area contributed by atoms with Gasteiger partial charge in [0.25, 0.3) is 11.5 Å². The summed E-state index contributed by atoms with van der Waals surface area (Å²) in [6.07, 6.45) is 0.0793. The lowest BCUT2D eigenvalue weighted by molar-refractivity contribution is -0.142. The average Bonchev–Trinajstić information content (AvgIpc) is 2.88. The summed E-state index contributed by atoms with van der Waals surface area (Å²) < 4.78 is 5.91. The van der Waals surface area contributed by atoms with E-state index in [2.05, 4.69) is 10.3 Å². The summed E-state index contributed by atoms with van der Waals surface area (Å²) in [6, 6.07) is 15.3. The number of benzene rings is 3. The highest BCUT2D eigenvalue weighted by Crippen LogP contribution is 2.24. The zero-order chi connectivity index (χ0) is 27.6. The molecule has 0 saturated carbocycles. The fraction of sp³-hybridized carbons (Fsp3) is 0.185. The summed E-state index contributed by atoms with van der Waals surface area (Å²) in [5, 5.41) is 3.27. The van der Waals surface area contributed by atoms with Crippen LogP contribution in [-0.4, -0.2) is 48.7 Å². The van der Waals surface area contributed by atoms with Crippen molar-refractivity contribution in [3.63, 3.8) is 0 Å². The lowest BCUT2D eigenvalue weighted by Crippen LogP contribution is -2.43. The van der Waals surface area contributed by atoms with Crippen molar-refractivity contribution in [3.05, 3.63) is 103 Å². The first-order chi connectivity index (χ1) is 18.1. The van der Waals surface area contributed by atoms with Gasteiger partial charge in [0.1, 0.15) is 6.04 Å². The van der Waals surface area contributed by atoms with Crippen LogP contribution in [0.2, 0.25) is 10.0 Å². The fourth-order valence-electron chi connectivity index (χ4n) is 4.01. The first kappa shape index (κ1) is 27.0. The molecule has 0 aliphatic rings. The number of nitrogens with zero attached hydrogens (tertiary/aromatic N) is 2. The van der Waals surface area contributed by atoms with Gasteiger partial charge in [-0.25, -0.2) is 14.2 Å². The van der Waals surface area contributed by atoms with E-state index in [0.717, 1.165) is 10.3 Å². The number of fused-ring (bicyclic) bond motifs is 1. The van der Waals surface area contributed by atoms with Crippen molar-refractivity contribution in [2.75, 3.05) is 26.1 Å². The summed E-state index contributed by atoms with van der Waals surface area (Å²) in [5.74, 6) is -1.29. The van der Waals surface area contributed by atoms with Crippen LogP contribution in [0.4, 0.5) is 5.69 Å². The monoisotopic (exact) mass is 554 g/mol. The molecule has 1 amide bonds. The van der Waals surface area contributed by atoms with E-state index in [1.807, 2.05) is 25.1 Å². The third kappa shape index (κ3) is 5.44. The quantitative estimate of drug-likeness (QED) is 0.337. The number of amides is 1. The number of carbonyl (C=O) groups excluding carboxylic acids is 2. The van der Waals surface area contributed by atoms with Gasteiger partial charge in [-0.2, -0.15) is 0 Å². The molecule has 4 rings (SSSR count). The predicted molar refractivity (Wildman–Crippen MR) is 148 cm³/mol. The smallest absolute Gasteiger partial charge is 0.333 e. The molecular weight excluding hydrogens is 531 g/mol. The average molecular weight is 555 g/mol. The molecule has 1 heterocycles. The molecule has 1 unspecified atom stereocenters. The normalized spacial score (nSPS) is 11.7. The highest BCUT2D eigenvalue weighted by Gasteiger charge is 2.25. The van der Waals surface area contributed by atoms with Gasteiger partial charge in [0, 0.05) is 26.2 Å². The van der Waals surface area contributed by atoms with Crippen LogP contribution >= 0.6 is 23.2 Å². The number of methoxy groups -OCH3 is 1. The van der Waals surface area contributed by atoms with Crippen LogP contribution in [0.1, 0.15) is 15.9 Å².